The quantitative estimate of drug-likeness (QED) is 0.564. The number of nitrogens with zero attached hydrogens (tertiary/aromatic N) is 2. The van der Waals surface area contributed by atoms with E-state index in [4.69, 9.17) is 0 Å². The van der Waals surface area contributed by atoms with Crippen molar-refractivity contribution in [2.75, 3.05) is 10.6 Å². The summed E-state index contributed by atoms with van der Waals surface area (Å²) in [5.74, 6) is -0.381. The zero-order chi connectivity index (χ0) is 19.5. The van der Waals surface area contributed by atoms with Crippen molar-refractivity contribution >= 4 is 34.2 Å². The van der Waals surface area contributed by atoms with Crippen LogP contribution >= 0.6 is 0 Å². The molecule has 0 atom stereocenters. The van der Waals surface area contributed by atoms with Gasteiger partial charge < -0.3 is 10.6 Å². The fourth-order valence-electron chi connectivity index (χ4n) is 3.02. The summed E-state index contributed by atoms with van der Waals surface area (Å²) in [6, 6.07) is 22.2. The van der Waals surface area contributed by atoms with Crippen LogP contribution in [0.1, 0.15) is 17.3 Å². The molecule has 4 aromatic rings. The van der Waals surface area contributed by atoms with Crippen molar-refractivity contribution in [3.63, 3.8) is 0 Å². The largest absolute Gasteiger partial charge is 0.326 e. The average molecular weight is 370 g/mol. The molecule has 2 N–H and O–H groups in total. The predicted octanol–water partition coefficient (Wildman–Crippen LogP) is 4.24. The first kappa shape index (κ1) is 17.5. The van der Waals surface area contributed by atoms with Crippen molar-refractivity contribution in [1.82, 2.24) is 9.55 Å². The topological polar surface area (TPSA) is 76.0 Å². The maximum Gasteiger partial charge on any atom is 0.255 e. The number of imidazole rings is 1. The lowest BCUT2D eigenvalue weighted by molar-refractivity contribution is -0.114. The van der Waals surface area contributed by atoms with Crippen molar-refractivity contribution in [1.29, 1.82) is 0 Å². The van der Waals surface area contributed by atoms with Crippen LogP contribution in [0.2, 0.25) is 0 Å². The summed E-state index contributed by atoms with van der Waals surface area (Å²) in [6.45, 7) is 1.44. The molecule has 0 spiro atoms. The van der Waals surface area contributed by atoms with Gasteiger partial charge in [0.1, 0.15) is 6.33 Å². The van der Waals surface area contributed by atoms with Gasteiger partial charge in [0.25, 0.3) is 5.91 Å². The Morgan fingerprint density at radius 2 is 1.57 bits per heavy atom. The van der Waals surface area contributed by atoms with Gasteiger partial charge in [-0.1, -0.05) is 18.2 Å². The Kier molecular flexibility index (Phi) is 4.60. The Balaban J connectivity index is 1.52. The first-order valence-corrected chi connectivity index (χ1v) is 8.82. The van der Waals surface area contributed by atoms with Gasteiger partial charge in [0.05, 0.1) is 11.0 Å². The van der Waals surface area contributed by atoms with Gasteiger partial charge in [0.15, 0.2) is 0 Å². The minimum Gasteiger partial charge on any atom is -0.326 e. The summed E-state index contributed by atoms with van der Waals surface area (Å²) in [6.07, 6.45) is 1.77. The number of carbonyl (C=O) groups excluding carboxylic acids is 2. The first-order chi connectivity index (χ1) is 13.6. The van der Waals surface area contributed by atoms with Crippen molar-refractivity contribution in [3.8, 4) is 5.69 Å². The molecule has 0 unspecified atom stereocenters. The lowest BCUT2D eigenvalue weighted by Crippen LogP contribution is -2.12. The number of amides is 2. The van der Waals surface area contributed by atoms with Crippen molar-refractivity contribution in [2.45, 2.75) is 6.92 Å². The van der Waals surface area contributed by atoms with E-state index in [1.165, 1.54) is 6.92 Å². The SMILES string of the molecule is CC(=O)Nc1cccc(NC(=O)c2ccc(-n3cnc4ccccc43)cc2)c1. The Bertz CT molecular complexity index is 1160. The molecule has 6 heteroatoms. The molecular formula is C22H18N4O2. The lowest BCUT2D eigenvalue weighted by Gasteiger charge is -2.09. The minimum absolute atomic E-state index is 0.161. The molecule has 6 nitrogen and oxygen atoms in total. The molecule has 0 saturated heterocycles. The third kappa shape index (κ3) is 3.61. The Morgan fingerprint density at radius 3 is 2.32 bits per heavy atom. The highest BCUT2D eigenvalue weighted by molar-refractivity contribution is 6.04. The van der Waals surface area contributed by atoms with Crippen LogP contribution in [-0.2, 0) is 4.79 Å². The molecule has 138 valence electrons. The van der Waals surface area contributed by atoms with E-state index in [0.717, 1.165) is 16.7 Å². The second-order valence-electron chi connectivity index (χ2n) is 6.37. The number of nitrogens with one attached hydrogen (secondary N) is 2. The highest BCUT2D eigenvalue weighted by atomic mass is 16.2. The Morgan fingerprint density at radius 1 is 0.857 bits per heavy atom. The van der Waals surface area contributed by atoms with Crippen LogP contribution in [0.3, 0.4) is 0 Å². The molecule has 0 aliphatic heterocycles. The smallest absolute Gasteiger partial charge is 0.255 e. The van der Waals surface area contributed by atoms with Crippen LogP contribution in [0.4, 0.5) is 11.4 Å². The molecule has 0 radical (unpaired) electrons. The molecule has 1 aromatic heterocycles. The van der Waals surface area contributed by atoms with Gasteiger partial charge in [0, 0.05) is 29.5 Å². The van der Waals surface area contributed by atoms with E-state index < -0.39 is 0 Å². The number of carbonyl (C=O) groups is 2. The zero-order valence-electron chi connectivity index (χ0n) is 15.2. The number of rotatable bonds is 4. The first-order valence-electron chi connectivity index (χ1n) is 8.82. The molecule has 1 heterocycles. The molecule has 0 bridgehead atoms. The molecule has 28 heavy (non-hydrogen) atoms. The van der Waals surface area contributed by atoms with E-state index in [1.54, 1.807) is 42.7 Å². The summed E-state index contributed by atoms with van der Waals surface area (Å²) < 4.78 is 1.98. The molecule has 0 fully saturated rings. The molecular weight excluding hydrogens is 352 g/mol. The van der Waals surface area contributed by atoms with Gasteiger partial charge in [-0.3, -0.25) is 14.2 Å². The fourth-order valence-corrected chi connectivity index (χ4v) is 3.02. The van der Waals surface area contributed by atoms with Crippen LogP contribution in [0.25, 0.3) is 16.7 Å². The predicted molar refractivity (Wildman–Crippen MR) is 110 cm³/mol. The van der Waals surface area contributed by atoms with E-state index in [-0.39, 0.29) is 11.8 Å². The summed E-state index contributed by atoms with van der Waals surface area (Å²) in [5, 5.41) is 5.54. The van der Waals surface area contributed by atoms with Crippen molar-refractivity contribution in [3.05, 3.63) is 84.7 Å². The minimum atomic E-state index is -0.220. The zero-order valence-corrected chi connectivity index (χ0v) is 15.2. The third-order valence-electron chi connectivity index (χ3n) is 4.30. The maximum absolute atomic E-state index is 12.5. The highest BCUT2D eigenvalue weighted by Gasteiger charge is 2.09. The van der Waals surface area contributed by atoms with Gasteiger partial charge in [-0.25, -0.2) is 4.98 Å². The Labute approximate surface area is 161 Å². The van der Waals surface area contributed by atoms with Gasteiger partial charge in [-0.2, -0.15) is 0 Å². The standard InChI is InChI=1S/C22H18N4O2/c1-15(27)24-17-5-4-6-18(13-17)25-22(28)16-9-11-19(12-10-16)26-14-23-20-7-2-3-8-21(20)26/h2-14H,1H3,(H,24,27)(H,25,28). The molecule has 0 saturated carbocycles. The number of aromatic nitrogens is 2. The van der Waals surface area contributed by atoms with E-state index in [1.807, 2.05) is 41.0 Å². The van der Waals surface area contributed by atoms with Crippen LogP contribution in [0, 0.1) is 0 Å². The summed E-state index contributed by atoms with van der Waals surface area (Å²) >= 11 is 0. The van der Waals surface area contributed by atoms with Crippen LogP contribution in [0.5, 0.6) is 0 Å². The third-order valence-corrected chi connectivity index (χ3v) is 4.30. The monoisotopic (exact) mass is 370 g/mol. The van der Waals surface area contributed by atoms with Gasteiger partial charge in [0.2, 0.25) is 5.91 Å². The average Bonchev–Trinajstić information content (AvgIpc) is 3.12. The molecule has 3 aromatic carbocycles. The van der Waals surface area contributed by atoms with Gasteiger partial charge in [-0.15, -0.1) is 0 Å². The fraction of sp³-hybridized carbons (Fsp3) is 0.0455. The molecule has 4 rings (SSSR count). The maximum atomic E-state index is 12.5. The Hall–Kier alpha value is -3.93. The second-order valence-corrected chi connectivity index (χ2v) is 6.37. The summed E-state index contributed by atoms with van der Waals surface area (Å²) in [5.41, 5.74) is 4.64. The van der Waals surface area contributed by atoms with Crippen LogP contribution in [0.15, 0.2) is 79.1 Å². The number of fused-ring (bicyclic) bond motifs is 1. The van der Waals surface area contributed by atoms with Crippen molar-refractivity contribution in [2.24, 2.45) is 0 Å². The number of para-hydroxylation sites is 2. The normalized spacial score (nSPS) is 10.6. The van der Waals surface area contributed by atoms with Crippen molar-refractivity contribution < 1.29 is 9.59 Å². The van der Waals surface area contributed by atoms with E-state index >= 15 is 0 Å². The lowest BCUT2D eigenvalue weighted by atomic mass is 10.1. The highest BCUT2D eigenvalue weighted by Crippen LogP contribution is 2.19. The van der Waals surface area contributed by atoms with E-state index in [2.05, 4.69) is 15.6 Å². The number of benzene rings is 3. The molecule has 0 aliphatic carbocycles. The van der Waals surface area contributed by atoms with Gasteiger partial charge in [-0.05, 0) is 54.6 Å². The van der Waals surface area contributed by atoms with Crippen LogP contribution in [-0.4, -0.2) is 21.4 Å². The number of hydrogen-bond donors (Lipinski definition) is 2. The number of anilines is 2. The number of hydrogen-bond acceptors (Lipinski definition) is 3. The van der Waals surface area contributed by atoms with Crippen LogP contribution < -0.4 is 10.6 Å². The van der Waals surface area contributed by atoms with Gasteiger partial charge >= 0.3 is 0 Å². The second kappa shape index (κ2) is 7.36. The summed E-state index contributed by atoms with van der Waals surface area (Å²) in [4.78, 5) is 28.1. The van der Waals surface area contributed by atoms with E-state index in [9.17, 15) is 9.59 Å². The summed E-state index contributed by atoms with van der Waals surface area (Å²) in [7, 11) is 0. The molecule has 0 aliphatic rings. The van der Waals surface area contributed by atoms with E-state index in [0.29, 0.717) is 16.9 Å². The molecule has 2 amide bonds.